The molecule has 1 aliphatic rings. The Labute approximate surface area is 146 Å². The molecule has 0 saturated carbocycles. The summed E-state index contributed by atoms with van der Waals surface area (Å²) in [6, 6.07) is 10.1. The number of nitrogens with one attached hydrogen (secondary N) is 1. The average Bonchev–Trinajstić information content (AvgIpc) is 3.32. The van der Waals surface area contributed by atoms with Gasteiger partial charge in [0.15, 0.2) is 0 Å². The summed E-state index contributed by atoms with van der Waals surface area (Å²) >= 11 is 0. The van der Waals surface area contributed by atoms with Crippen LogP contribution in [0.3, 0.4) is 0 Å². The van der Waals surface area contributed by atoms with Gasteiger partial charge in [0.2, 0.25) is 0 Å². The summed E-state index contributed by atoms with van der Waals surface area (Å²) in [6.07, 6.45) is 5.95. The van der Waals surface area contributed by atoms with Crippen LogP contribution in [-0.2, 0) is 11.3 Å². The van der Waals surface area contributed by atoms with Crippen LogP contribution in [0.4, 0.5) is 5.82 Å². The molecule has 0 bridgehead atoms. The van der Waals surface area contributed by atoms with Gasteiger partial charge in [0.25, 0.3) is 0 Å². The number of aromatic amines is 1. The highest BCUT2D eigenvalue weighted by atomic mass is 16.5. The third-order valence-corrected chi connectivity index (χ3v) is 4.63. The zero-order valence-electron chi connectivity index (χ0n) is 14.3. The molecule has 0 aliphatic carbocycles. The van der Waals surface area contributed by atoms with Crippen LogP contribution in [0.2, 0.25) is 0 Å². The molecule has 1 N–H and O–H groups in total. The van der Waals surface area contributed by atoms with Gasteiger partial charge < -0.3 is 19.4 Å². The van der Waals surface area contributed by atoms with Crippen molar-refractivity contribution in [3.05, 3.63) is 48.4 Å². The number of rotatable bonds is 6. The van der Waals surface area contributed by atoms with E-state index in [9.17, 15) is 0 Å². The summed E-state index contributed by atoms with van der Waals surface area (Å²) in [6.45, 7) is 2.35. The Morgan fingerprint density at radius 2 is 2.20 bits per heavy atom. The van der Waals surface area contributed by atoms with Crippen molar-refractivity contribution in [2.45, 2.75) is 25.5 Å². The number of para-hydroxylation sites is 1. The Kier molecular flexibility index (Phi) is 4.52. The number of benzene rings is 1. The molecular weight excluding hydrogens is 316 g/mol. The smallest absolute Gasteiger partial charge is 0.142 e. The zero-order chi connectivity index (χ0) is 17.1. The second-order valence-electron chi connectivity index (χ2n) is 6.26. The summed E-state index contributed by atoms with van der Waals surface area (Å²) in [4.78, 5) is 14.3. The maximum absolute atomic E-state index is 5.87. The first-order chi connectivity index (χ1) is 12.3. The number of hydrogen-bond acceptors (Lipinski definition) is 5. The number of hydrogen-bond donors (Lipinski definition) is 1. The lowest BCUT2D eigenvalue weighted by Gasteiger charge is -2.27. The Morgan fingerprint density at radius 1 is 1.28 bits per heavy atom. The number of anilines is 1. The highest BCUT2D eigenvalue weighted by Gasteiger charge is 2.22. The predicted octanol–water partition coefficient (Wildman–Crippen LogP) is 3.15. The molecule has 25 heavy (non-hydrogen) atoms. The maximum atomic E-state index is 5.87. The van der Waals surface area contributed by atoms with Crippen molar-refractivity contribution in [1.29, 1.82) is 0 Å². The molecule has 2 aromatic heterocycles. The van der Waals surface area contributed by atoms with E-state index in [1.165, 1.54) is 0 Å². The van der Waals surface area contributed by atoms with Crippen LogP contribution in [0.15, 0.2) is 42.9 Å². The molecule has 0 spiro atoms. The topological polar surface area (TPSA) is 63.3 Å². The summed E-state index contributed by atoms with van der Waals surface area (Å²) in [5, 5.41) is 1.02. The van der Waals surface area contributed by atoms with E-state index in [0.717, 1.165) is 54.2 Å². The van der Waals surface area contributed by atoms with E-state index in [0.29, 0.717) is 6.54 Å². The van der Waals surface area contributed by atoms with Crippen molar-refractivity contribution >= 4 is 16.9 Å². The Balaban J connectivity index is 1.69. The van der Waals surface area contributed by atoms with Gasteiger partial charge in [-0.15, -0.1) is 0 Å². The van der Waals surface area contributed by atoms with E-state index in [2.05, 4.69) is 25.9 Å². The molecule has 4 rings (SSSR count). The van der Waals surface area contributed by atoms with E-state index >= 15 is 0 Å². The zero-order valence-corrected chi connectivity index (χ0v) is 14.3. The van der Waals surface area contributed by atoms with E-state index < -0.39 is 0 Å². The first kappa shape index (κ1) is 15.9. The van der Waals surface area contributed by atoms with Gasteiger partial charge in [-0.05, 0) is 25.0 Å². The third kappa shape index (κ3) is 3.30. The molecule has 1 aliphatic heterocycles. The number of fused-ring (bicyclic) bond motifs is 1. The molecule has 3 aromatic rings. The van der Waals surface area contributed by atoms with Crippen LogP contribution in [-0.4, -0.2) is 41.3 Å². The minimum absolute atomic E-state index is 0.235. The van der Waals surface area contributed by atoms with Crippen LogP contribution in [0, 0.1) is 0 Å². The van der Waals surface area contributed by atoms with Crippen molar-refractivity contribution in [1.82, 2.24) is 15.0 Å². The number of methoxy groups -OCH3 is 1. The third-order valence-electron chi connectivity index (χ3n) is 4.63. The van der Waals surface area contributed by atoms with Crippen molar-refractivity contribution in [2.75, 3.05) is 25.2 Å². The Morgan fingerprint density at radius 3 is 3.04 bits per heavy atom. The molecule has 1 aromatic carbocycles. The van der Waals surface area contributed by atoms with E-state index in [1.807, 2.05) is 30.5 Å². The molecule has 0 amide bonds. The van der Waals surface area contributed by atoms with Crippen molar-refractivity contribution in [3.8, 4) is 5.75 Å². The fourth-order valence-corrected chi connectivity index (χ4v) is 3.41. The summed E-state index contributed by atoms with van der Waals surface area (Å²) in [5.74, 6) is 1.81. The second-order valence-corrected chi connectivity index (χ2v) is 6.26. The molecule has 6 nitrogen and oxygen atoms in total. The fourth-order valence-electron chi connectivity index (χ4n) is 3.41. The summed E-state index contributed by atoms with van der Waals surface area (Å²) < 4.78 is 11.4. The number of nitrogens with zero attached hydrogens (tertiary/aromatic N) is 3. The Bertz CT molecular complexity index is 842. The number of aromatic nitrogens is 3. The molecule has 1 unspecified atom stereocenters. The quantitative estimate of drug-likeness (QED) is 0.748. The largest absolute Gasteiger partial charge is 0.496 e. The standard InChI is InChI=1S/C19H22N4O2/c1-24-17-7-3-2-5-14(17)11-23(12-15-6-4-10-25-15)19-16-8-9-20-18(16)21-13-22-19/h2-3,5,7-9,13,15H,4,6,10-12H2,1H3,(H,20,21,22). The Hall–Kier alpha value is -2.60. The van der Waals surface area contributed by atoms with E-state index in [4.69, 9.17) is 9.47 Å². The van der Waals surface area contributed by atoms with Crippen LogP contribution in [0.1, 0.15) is 18.4 Å². The van der Waals surface area contributed by atoms with Gasteiger partial charge >= 0.3 is 0 Å². The van der Waals surface area contributed by atoms with Gasteiger partial charge in [-0.25, -0.2) is 9.97 Å². The fraction of sp³-hybridized carbons (Fsp3) is 0.368. The lowest BCUT2D eigenvalue weighted by Crippen LogP contribution is -2.32. The lowest BCUT2D eigenvalue weighted by molar-refractivity contribution is 0.115. The van der Waals surface area contributed by atoms with E-state index in [1.54, 1.807) is 13.4 Å². The first-order valence-electron chi connectivity index (χ1n) is 8.61. The predicted molar refractivity (Wildman–Crippen MR) is 96.9 cm³/mol. The van der Waals surface area contributed by atoms with Crippen molar-refractivity contribution in [2.24, 2.45) is 0 Å². The van der Waals surface area contributed by atoms with Crippen LogP contribution in [0.5, 0.6) is 5.75 Å². The van der Waals surface area contributed by atoms with E-state index in [-0.39, 0.29) is 6.10 Å². The van der Waals surface area contributed by atoms with Crippen LogP contribution in [0.25, 0.3) is 11.0 Å². The van der Waals surface area contributed by atoms with Gasteiger partial charge in [-0.1, -0.05) is 18.2 Å². The van der Waals surface area contributed by atoms with Crippen molar-refractivity contribution in [3.63, 3.8) is 0 Å². The molecule has 3 heterocycles. The molecular formula is C19H22N4O2. The van der Waals surface area contributed by atoms with Gasteiger partial charge in [0, 0.05) is 31.5 Å². The molecule has 1 atom stereocenters. The van der Waals surface area contributed by atoms with Gasteiger partial charge in [-0.3, -0.25) is 0 Å². The number of ether oxygens (including phenoxy) is 2. The minimum Gasteiger partial charge on any atom is -0.496 e. The van der Waals surface area contributed by atoms with Gasteiger partial charge in [0.05, 0.1) is 18.6 Å². The monoisotopic (exact) mass is 338 g/mol. The number of H-pyrrole nitrogens is 1. The minimum atomic E-state index is 0.235. The SMILES string of the molecule is COc1ccccc1CN(CC1CCCO1)c1ncnc2[nH]ccc12. The highest BCUT2D eigenvalue weighted by molar-refractivity contribution is 5.87. The highest BCUT2D eigenvalue weighted by Crippen LogP contribution is 2.28. The maximum Gasteiger partial charge on any atom is 0.142 e. The van der Waals surface area contributed by atoms with Crippen molar-refractivity contribution < 1.29 is 9.47 Å². The lowest BCUT2D eigenvalue weighted by atomic mass is 10.1. The molecule has 1 saturated heterocycles. The van der Waals surface area contributed by atoms with Crippen LogP contribution >= 0.6 is 0 Å². The normalized spacial score (nSPS) is 17.1. The molecule has 0 radical (unpaired) electrons. The first-order valence-corrected chi connectivity index (χ1v) is 8.61. The molecule has 6 heteroatoms. The molecule has 1 fully saturated rings. The van der Waals surface area contributed by atoms with Crippen LogP contribution < -0.4 is 9.64 Å². The second kappa shape index (κ2) is 7.11. The summed E-state index contributed by atoms with van der Waals surface area (Å²) in [7, 11) is 1.71. The summed E-state index contributed by atoms with van der Waals surface area (Å²) in [5.41, 5.74) is 1.98. The average molecular weight is 338 g/mol. The van der Waals surface area contributed by atoms with Gasteiger partial charge in [0.1, 0.15) is 23.5 Å². The molecule has 130 valence electrons. The van der Waals surface area contributed by atoms with Gasteiger partial charge in [-0.2, -0.15) is 0 Å².